The van der Waals surface area contributed by atoms with E-state index < -0.39 is 17.8 Å². The molecule has 0 radical (unpaired) electrons. The molecular formula is C29H31ClF3N9O3. The number of carbonyl (C=O) groups is 3. The van der Waals surface area contributed by atoms with Crippen molar-refractivity contribution in [3.05, 3.63) is 63.5 Å². The number of H-pyrrole nitrogens is 2. The molecule has 0 spiro atoms. The first-order chi connectivity index (χ1) is 21.4. The zero-order valence-corrected chi connectivity index (χ0v) is 25.1. The fourth-order valence-electron chi connectivity index (χ4n) is 5.58. The molecule has 0 bridgehead atoms. The molecule has 3 N–H and O–H groups in total. The number of carbonyl (C=O) groups excluding carboxylic acids is 3. The molecule has 5 rings (SSSR count). The van der Waals surface area contributed by atoms with Crippen LogP contribution in [0.1, 0.15) is 56.5 Å². The number of hydrogen-bond donors (Lipinski definition) is 3. The van der Waals surface area contributed by atoms with Gasteiger partial charge in [-0.05, 0) is 51.2 Å². The van der Waals surface area contributed by atoms with Crippen LogP contribution in [0.15, 0.2) is 24.4 Å². The summed E-state index contributed by atoms with van der Waals surface area (Å²) in [7, 11) is 2.05. The summed E-state index contributed by atoms with van der Waals surface area (Å²) in [5.74, 6) is -0.953. The molecule has 2 aliphatic rings. The number of aromatic amines is 2. The third kappa shape index (κ3) is 7.29. The van der Waals surface area contributed by atoms with Crippen molar-refractivity contribution in [3.8, 4) is 6.07 Å². The largest absolute Gasteiger partial charge is 0.435 e. The Hall–Kier alpha value is -4.42. The molecule has 1 aromatic carbocycles. The molecule has 2 aromatic heterocycles. The summed E-state index contributed by atoms with van der Waals surface area (Å²) in [4.78, 5) is 51.3. The van der Waals surface area contributed by atoms with Gasteiger partial charge in [-0.3, -0.25) is 19.5 Å². The van der Waals surface area contributed by atoms with Gasteiger partial charge >= 0.3 is 6.18 Å². The van der Waals surface area contributed by atoms with Crippen molar-refractivity contribution in [1.29, 1.82) is 5.26 Å². The third-order valence-corrected chi connectivity index (χ3v) is 8.40. The second-order valence-electron chi connectivity index (χ2n) is 11.1. The van der Waals surface area contributed by atoms with E-state index in [1.165, 1.54) is 24.4 Å². The molecule has 16 heteroatoms. The van der Waals surface area contributed by atoms with E-state index in [0.29, 0.717) is 26.2 Å². The number of nitrogens with one attached hydrogen (secondary N) is 3. The van der Waals surface area contributed by atoms with E-state index in [9.17, 15) is 27.6 Å². The Bertz CT molecular complexity index is 1610. The number of nitrogens with zero attached hydrogens (tertiary/aromatic N) is 6. The number of benzene rings is 1. The molecule has 45 heavy (non-hydrogen) atoms. The molecular weight excluding hydrogens is 615 g/mol. The molecule has 4 heterocycles. The number of amides is 3. The topological polar surface area (TPSA) is 154 Å². The highest BCUT2D eigenvalue weighted by Crippen LogP contribution is 2.33. The van der Waals surface area contributed by atoms with Crippen LogP contribution in [-0.4, -0.2) is 98.9 Å². The van der Waals surface area contributed by atoms with Crippen LogP contribution in [0.25, 0.3) is 0 Å². The predicted octanol–water partition coefficient (Wildman–Crippen LogP) is 3.34. The van der Waals surface area contributed by atoms with Gasteiger partial charge in [0.1, 0.15) is 0 Å². The number of nitriles is 1. The van der Waals surface area contributed by atoms with Crippen molar-refractivity contribution in [2.75, 3.05) is 51.6 Å². The van der Waals surface area contributed by atoms with Crippen LogP contribution in [0.2, 0.25) is 5.02 Å². The van der Waals surface area contributed by atoms with E-state index in [1.807, 2.05) is 11.9 Å². The van der Waals surface area contributed by atoms with Crippen LogP contribution in [0.4, 0.5) is 18.9 Å². The zero-order valence-electron chi connectivity index (χ0n) is 24.4. The molecule has 0 unspecified atom stereocenters. The Balaban J connectivity index is 1.18. The fraction of sp³-hybridized carbons (Fsp3) is 0.448. The molecule has 2 fully saturated rings. The highest BCUT2D eigenvalue weighted by Gasteiger charge is 2.38. The fourth-order valence-corrected chi connectivity index (χ4v) is 5.84. The van der Waals surface area contributed by atoms with Crippen LogP contribution in [0.3, 0.4) is 0 Å². The zero-order chi connectivity index (χ0) is 32.3. The highest BCUT2D eigenvalue weighted by atomic mass is 35.5. The summed E-state index contributed by atoms with van der Waals surface area (Å²) in [5.41, 5.74) is -0.592. The summed E-state index contributed by atoms with van der Waals surface area (Å²) >= 11 is 6.43. The van der Waals surface area contributed by atoms with Gasteiger partial charge in [-0.15, -0.1) is 0 Å². The second kappa shape index (κ2) is 13.3. The van der Waals surface area contributed by atoms with Gasteiger partial charge < -0.3 is 25.0 Å². The van der Waals surface area contributed by atoms with Gasteiger partial charge in [0, 0.05) is 61.7 Å². The monoisotopic (exact) mass is 645 g/mol. The number of piperazine rings is 1. The molecule has 2 saturated heterocycles. The van der Waals surface area contributed by atoms with E-state index in [-0.39, 0.29) is 69.6 Å². The van der Waals surface area contributed by atoms with Gasteiger partial charge in [0.25, 0.3) is 11.8 Å². The van der Waals surface area contributed by atoms with Crippen molar-refractivity contribution in [3.63, 3.8) is 0 Å². The number of imidazole rings is 1. The molecule has 2 aliphatic heterocycles. The lowest BCUT2D eigenvalue weighted by Gasteiger charge is -2.38. The average molecular weight is 646 g/mol. The SMILES string of the molecule is CN1CCC(C(=O)N2CCN(C(=O)c3ccc(NC(=O)c4ncc(Cc5c(C(F)(F)F)n[nH]c5CC#N)[nH]4)cc3Cl)CC2)CC1. The Labute approximate surface area is 261 Å². The van der Waals surface area contributed by atoms with E-state index in [1.54, 1.807) is 11.0 Å². The smallest absolute Gasteiger partial charge is 0.339 e. The van der Waals surface area contributed by atoms with Crippen molar-refractivity contribution >= 4 is 35.0 Å². The third-order valence-electron chi connectivity index (χ3n) is 8.09. The first kappa shape index (κ1) is 32.0. The average Bonchev–Trinajstić information content (AvgIpc) is 3.65. The quantitative estimate of drug-likeness (QED) is 0.356. The number of halogens is 4. The summed E-state index contributed by atoms with van der Waals surface area (Å²) in [6.45, 7) is 3.46. The van der Waals surface area contributed by atoms with Crippen molar-refractivity contribution in [1.82, 2.24) is 34.9 Å². The van der Waals surface area contributed by atoms with Crippen molar-refractivity contribution in [2.24, 2.45) is 5.92 Å². The van der Waals surface area contributed by atoms with Crippen LogP contribution < -0.4 is 5.32 Å². The minimum atomic E-state index is -4.73. The maximum absolute atomic E-state index is 13.4. The van der Waals surface area contributed by atoms with Crippen LogP contribution in [-0.2, 0) is 23.8 Å². The lowest BCUT2D eigenvalue weighted by Crippen LogP contribution is -2.52. The number of piperidine rings is 1. The minimum absolute atomic E-state index is 0.0226. The lowest BCUT2D eigenvalue weighted by molar-refractivity contribution is -0.141. The second-order valence-corrected chi connectivity index (χ2v) is 11.5. The lowest BCUT2D eigenvalue weighted by atomic mass is 9.95. The summed E-state index contributed by atoms with van der Waals surface area (Å²) in [6.07, 6.45) is -2.40. The van der Waals surface area contributed by atoms with Gasteiger partial charge in [0.15, 0.2) is 11.5 Å². The van der Waals surface area contributed by atoms with Gasteiger partial charge in [0.2, 0.25) is 5.91 Å². The molecule has 0 atom stereocenters. The summed E-state index contributed by atoms with van der Waals surface area (Å²) < 4.78 is 40.2. The molecule has 3 aromatic rings. The Morgan fingerprint density at radius 2 is 1.80 bits per heavy atom. The molecule has 3 amide bonds. The number of likely N-dealkylation sites (tertiary alicyclic amines) is 1. The highest BCUT2D eigenvalue weighted by molar-refractivity contribution is 6.34. The molecule has 0 saturated carbocycles. The van der Waals surface area contributed by atoms with Gasteiger partial charge in [0.05, 0.1) is 28.8 Å². The van der Waals surface area contributed by atoms with Gasteiger partial charge in [-0.2, -0.15) is 23.5 Å². The van der Waals surface area contributed by atoms with Crippen molar-refractivity contribution < 1.29 is 27.6 Å². The summed E-state index contributed by atoms with van der Waals surface area (Å²) in [6, 6.07) is 6.23. The van der Waals surface area contributed by atoms with Crippen molar-refractivity contribution in [2.45, 2.75) is 31.9 Å². The van der Waals surface area contributed by atoms with E-state index in [0.717, 1.165) is 25.9 Å². The van der Waals surface area contributed by atoms with E-state index in [4.69, 9.17) is 16.9 Å². The van der Waals surface area contributed by atoms with Crippen LogP contribution in [0.5, 0.6) is 0 Å². The Morgan fingerprint density at radius 3 is 2.44 bits per heavy atom. The van der Waals surface area contributed by atoms with Gasteiger partial charge in [-0.25, -0.2) is 4.98 Å². The van der Waals surface area contributed by atoms with Gasteiger partial charge in [-0.1, -0.05) is 11.6 Å². The first-order valence-electron chi connectivity index (χ1n) is 14.4. The first-order valence-corrected chi connectivity index (χ1v) is 14.7. The number of aromatic nitrogens is 4. The van der Waals surface area contributed by atoms with Crippen LogP contribution in [0, 0.1) is 17.2 Å². The maximum Gasteiger partial charge on any atom is 0.435 e. The number of alkyl halides is 3. The number of hydrogen-bond acceptors (Lipinski definition) is 7. The molecule has 238 valence electrons. The maximum atomic E-state index is 13.4. The number of anilines is 1. The van der Waals surface area contributed by atoms with E-state index in [2.05, 4.69) is 30.4 Å². The molecule has 0 aliphatic carbocycles. The Kier molecular flexibility index (Phi) is 9.45. The van der Waals surface area contributed by atoms with Crippen LogP contribution >= 0.6 is 11.6 Å². The Morgan fingerprint density at radius 1 is 1.11 bits per heavy atom. The standard InChI is InChI=1S/C29H31ClF3N9O3/c1-40-8-5-17(6-9-40)27(44)41-10-12-42(13-11-41)28(45)20-3-2-18(15-22(20)30)37-26(43)25-35-16-19(36-25)14-21-23(4-7-34)38-39-24(21)29(31,32)33/h2-3,15-17H,4-6,8-14H2,1H3,(H,35,36)(H,37,43)(H,38,39). The predicted molar refractivity (Wildman–Crippen MR) is 156 cm³/mol. The normalized spacial score (nSPS) is 16.4. The number of rotatable bonds is 7. The summed E-state index contributed by atoms with van der Waals surface area (Å²) in [5, 5.41) is 17.3. The van der Waals surface area contributed by atoms with E-state index >= 15 is 0 Å². The minimum Gasteiger partial charge on any atom is -0.339 e. The molecule has 12 nitrogen and oxygen atoms in total.